The first-order chi connectivity index (χ1) is 15.2. The van der Waals surface area contributed by atoms with Gasteiger partial charge in [0.2, 0.25) is 0 Å². The van der Waals surface area contributed by atoms with Gasteiger partial charge < -0.3 is 4.57 Å². The van der Waals surface area contributed by atoms with Gasteiger partial charge in [-0.3, -0.25) is 24.3 Å². The van der Waals surface area contributed by atoms with Gasteiger partial charge in [0, 0.05) is 39.2 Å². The van der Waals surface area contributed by atoms with E-state index < -0.39 is 10.5 Å². The van der Waals surface area contributed by atoms with Gasteiger partial charge in [0.1, 0.15) is 0 Å². The molecule has 4 aromatic rings. The average molecular weight is 495 g/mol. The number of carbonyl (C=O) groups is 1. The number of aromatic nitrogens is 3. The van der Waals surface area contributed by atoms with E-state index in [4.69, 9.17) is 0 Å². The smallest absolute Gasteiger partial charge is 0.270 e. The Kier molecular flexibility index (Phi) is 5.52. The van der Waals surface area contributed by atoms with Crippen molar-refractivity contribution in [3.05, 3.63) is 96.2 Å². The predicted octanol–water partition coefficient (Wildman–Crippen LogP) is 4.67. The molecule has 0 radical (unpaired) electrons. The van der Waals surface area contributed by atoms with Crippen molar-refractivity contribution >= 4 is 38.3 Å². The number of benzene rings is 2. The van der Waals surface area contributed by atoms with E-state index in [-0.39, 0.29) is 23.4 Å². The minimum Gasteiger partial charge on any atom is -0.318 e. The number of Topliss-reactive ketones (excluding diaryl/α,β-unsaturated/α-hetero) is 1. The minimum absolute atomic E-state index is 0.102. The number of hydrogen-bond acceptors (Lipinski definition) is 5. The van der Waals surface area contributed by atoms with Crippen LogP contribution in [0.3, 0.4) is 0 Å². The van der Waals surface area contributed by atoms with Gasteiger partial charge in [-0.1, -0.05) is 15.9 Å². The molecular weight excluding hydrogens is 476 g/mol. The van der Waals surface area contributed by atoms with Crippen LogP contribution in [-0.2, 0) is 6.54 Å². The molecule has 2 aromatic heterocycles. The van der Waals surface area contributed by atoms with Crippen molar-refractivity contribution in [2.75, 3.05) is 0 Å². The van der Waals surface area contributed by atoms with E-state index in [9.17, 15) is 19.7 Å². The maximum Gasteiger partial charge on any atom is 0.270 e. The molecule has 9 heteroatoms. The van der Waals surface area contributed by atoms with Crippen LogP contribution >= 0.6 is 15.9 Å². The monoisotopic (exact) mass is 494 g/mol. The Balaban J connectivity index is 1.71. The number of rotatable bonds is 5. The number of non-ortho nitro benzene ring substituents is 1. The summed E-state index contributed by atoms with van der Waals surface area (Å²) in [6, 6.07) is 11.7. The third-order valence-corrected chi connectivity index (χ3v) is 6.35. The van der Waals surface area contributed by atoms with Crippen LogP contribution in [0.1, 0.15) is 27.3 Å². The van der Waals surface area contributed by atoms with Crippen molar-refractivity contribution < 1.29 is 9.72 Å². The molecule has 8 nitrogen and oxygen atoms in total. The summed E-state index contributed by atoms with van der Waals surface area (Å²) < 4.78 is 4.19. The van der Waals surface area contributed by atoms with E-state index in [1.165, 1.54) is 29.1 Å². The summed E-state index contributed by atoms with van der Waals surface area (Å²) in [5.74, 6) is -0.244. The van der Waals surface area contributed by atoms with E-state index in [0.29, 0.717) is 11.1 Å². The van der Waals surface area contributed by atoms with Gasteiger partial charge in [0.25, 0.3) is 11.2 Å². The maximum atomic E-state index is 13.1. The van der Waals surface area contributed by atoms with Crippen molar-refractivity contribution in [2.24, 2.45) is 0 Å². The molecular formula is C23H19BrN4O4. The number of nitro benzene ring substituents is 1. The van der Waals surface area contributed by atoms with Gasteiger partial charge in [0.15, 0.2) is 5.78 Å². The summed E-state index contributed by atoms with van der Waals surface area (Å²) in [5.41, 5.74) is 3.83. The number of nitro groups is 1. The Bertz CT molecular complexity index is 1470. The molecule has 0 aliphatic heterocycles. The highest BCUT2D eigenvalue weighted by atomic mass is 79.9. The zero-order valence-corrected chi connectivity index (χ0v) is 19.2. The zero-order valence-electron chi connectivity index (χ0n) is 17.6. The summed E-state index contributed by atoms with van der Waals surface area (Å²) in [5, 5.41) is 11.2. The highest BCUT2D eigenvalue weighted by Crippen LogP contribution is 2.25. The molecule has 162 valence electrons. The van der Waals surface area contributed by atoms with Crippen LogP contribution in [-0.4, -0.2) is 24.8 Å². The van der Waals surface area contributed by atoms with Crippen LogP contribution in [0.25, 0.3) is 16.6 Å². The topological polar surface area (TPSA) is 100 Å². The summed E-state index contributed by atoms with van der Waals surface area (Å²) in [7, 11) is 0. The lowest BCUT2D eigenvalue weighted by Crippen LogP contribution is -2.25. The summed E-state index contributed by atoms with van der Waals surface area (Å²) in [6.45, 7) is 5.57. The van der Waals surface area contributed by atoms with E-state index in [2.05, 4.69) is 20.9 Å². The van der Waals surface area contributed by atoms with Gasteiger partial charge in [-0.15, -0.1) is 0 Å². The summed E-state index contributed by atoms with van der Waals surface area (Å²) >= 11 is 3.50. The Morgan fingerprint density at radius 2 is 1.88 bits per heavy atom. The first-order valence-corrected chi connectivity index (χ1v) is 10.6. The molecule has 0 fully saturated rings. The number of carbonyl (C=O) groups excluding carboxylic acids is 1. The van der Waals surface area contributed by atoms with Crippen LogP contribution in [0.4, 0.5) is 5.69 Å². The van der Waals surface area contributed by atoms with Crippen molar-refractivity contribution in [3.63, 3.8) is 0 Å². The first-order valence-electron chi connectivity index (χ1n) is 9.79. The van der Waals surface area contributed by atoms with E-state index >= 15 is 0 Å². The molecule has 0 unspecified atom stereocenters. The van der Waals surface area contributed by atoms with E-state index in [1.807, 2.05) is 43.5 Å². The minimum atomic E-state index is -0.569. The molecule has 32 heavy (non-hydrogen) atoms. The normalized spacial score (nSPS) is 11.1. The Hall–Kier alpha value is -3.59. The third kappa shape index (κ3) is 3.75. The van der Waals surface area contributed by atoms with Gasteiger partial charge >= 0.3 is 0 Å². The van der Waals surface area contributed by atoms with E-state index in [0.717, 1.165) is 27.1 Å². The molecule has 2 heterocycles. The second kappa shape index (κ2) is 8.16. The third-order valence-electron chi connectivity index (χ3n) is 5.46. The second-order valence-electron chi connectivity index (χ2n) is 7.61. The van der Waals surface area contributed by atoms with Crippen molar-refractivity contribution in [3.8, 4) is 5.69 Å². The van der Waals surface area contributed by atoms with E-state index in [1.54, 1.807) is 6.07 Å². The largest absolute Gasteiger partial charge is 0.318 e. The van der Waals surface area contributed by atoms with Crippen molar-refractivity contribution in [1.29, 1.82) is 0 Å². The molecule has 0 spiro atoms. The number of hydrogen-bond donors (Lipinski definition) is 0. The molecule has 0 aliphatic rings. The standard InChI is InChI=1S/C23H19BrN4O4/c1-13-8-16(4-6-20(13)24)27-14(2)9-18(15(27)3)22(29)11-26-12-25-21-7-5-17(28(31)32)10-19(21)23(26)30/h4-10,12H,11H2,1-3H3. The molecule has 0 bridgehead atoms. The molecule has 0 N–H and O–H groups in total. The molecule has 4 rings (SSSR count). The van der Waals surface area contributed by atoms with Gasteiger partial charge in [0.05, 0.1) is 28.7 Å². The molecule has 0 saturated heterocycles. The maximum absolute atomic E-state index is 13.1. The van der Waals surface area contributed by atoms with Crippen LogP contribution in [0, 0.1) is 30.9 Å². The SMILES string of the molecule is Cc1cc(-n2c(C)cc(C(=O)Cn3cnc4ccc([N+](=O)[O-])cc4c3=O)c2C)ccc1Br. The van der Waals surface area contributed by atoms with Gasteiger partial charge in [-0.25, -0.2) is 4.98 Å². The Morgan fingerprint density at radius 3 is 2.56 bits per heavy atom. The lowest BCUT2D eigenvalue weighted by Gasteiger charge is -2.12. The van der Waals surface area contributed by atoms with Gasteiger partial charge in [-0.05, 0) is 56.7 Å². The Morgan fingerprint density at radius 1 is 1.12 bits per heavy atom. The lowest BCUT2D eigenvalue weighted by atomic mass is 10.1. The second-order valence-corrected chi connectivity index (χ2v) is 8.47. The summed E-state index contributed by atoms with van der Waals surface area (Å²) in [4.78, 5) is 40.6. The molecule has 2 aromatic carbocycles. The number of aryl methyl sites for hydroxylation is 2. The van der Waals surface area contributed by atoms with Crippen LogP contribution in [0.15, 0.2) is 58.1 Å². The van der Waals surface area contributed by atoms with Crippen LogP contribution in [0.2, 0.25) is 0 Å². The number of halogens is 1. The first kappa shape index (κ1) is 21.6. The fourth-order valence-corrected chi connectivity index (χ4v) is 4.07. The van der Waals surface area contributed by atoms with Crippen molar-refractivity contribution in [2.45, 2.75) is 27.3 Å². The Labute approximate surface area is 191 Å². The zero-order chi connectivity index (χ0) is 23.2. The highest BCUT2D eigenvalue weighted by Gasteiger charge is 2.19. The fourth-order valence-electron chi connectivity index (χ4n) is 3.82. The summed E-state index contributed by atoms with van der Waals surface area (Å²) in [6.07, 6.45) is 1.30. The quantitative estimate of drug-likeness (QED) is 0.228. The number of fused-ring (bicyclic) bond motifs is 1. The number of nitrogens with zero attached hydrogens (tertiary/aromatic N) is 4. The fraction of sp³-hybridized carbons (Fsp3) is 0.174. The number of ketones is 1. The molecule has 0 aliphatic carbocycles. The molecule has 0 saturated carbocycles. The van der Waals surface area contributed by atoms with Crippen molar-refractivity contribution in [1.82, 2.24) is 14.1 Å². The average Bonchev–Trinajstić information content (AvgIpc) is 3.06. The van der Waals surface area contributed by atoms with Crippen LogP contribution < -0.4 is 5.56 Å². The highest BCUT2D eigenvalue weighted by molar-refractivity contribution is 9.10. The predicted molar refractivity (Wildman–Crippen MR) is 125 cm³/mol. The molecule has 0 amide bonds. The lowest BCUT2D eigenvalue weighted by molar-refractivity contribution is -0.384. The van der Waals surface area contributed by atoms with Gasteiger partial charge in [-0.2, -0.15) is 0 Å². The molecule has 0 atom stereocenters. The van der Waals surface area contributed by atoms with Crippen LogP contribution in [0.5, 0.6) is 0 Å².